The van der Waals surface area contributed by atoms with Gasteiger partial charge in [-0.3, -0.25) is 4.79 Å². The van der Waals surface area contributed by atoms with Crippen LogP contribution in [0.5, 0.6) is 0 Å². The molecule has 1 N–H and O–H groups in total. The summed E-state index contributed by atoms with van der Waals surface area (Å²) >= 11 is 0.674. The third kappa shape index (κ3) is 4.89. The lowest BCUT2D eigenvalue weighted by atomic mass is 9.96. The lowest BCUT2D eigenvalue weighted by Gasteiger charge is -2.30. The second-order valence-corrected chi connectivity index (χ2v) is 8.13. The van der Waals surface area contributed by atoms with Crippen LogP contribution in [0.1, 0.15) is 12.8 Å². The lowest BCUT2D eigenvalue weighted by molar-refractivity contribution is -0.120. The average molecular weight is 435 g/mol. The molecule has 30 heavy (non-hydrogen) atoms. The molecule has 1 saturated heterocycles. The zero-order valence-corrected chi connectivity index (χ0v) is 16.8. The molecule has 0 spiro atoms. The smallest absolute Gasteiger partial charge is 0.398 e. The molecular weight excluding hydrogens is 415 g/mol. The molecule has 4 rings (SSSR count). The van der Waals surface area contributed by atoms with Crippen molar-refractivity contribution < 1.29 is 22.4 Å². The van der Waals surface area contributed by atoms with E-state index < -0.39 is 11.9 Å². The number of rotatable bonds is 5. The van der Waals surface area contributed by atoms with Crippen LogP contribution in [-0.2, 0) is 4.79 Å². The summed E-state index contributed by atoms with van der Waals surface area (Å²) < 4.78 is 43.4. The number of carbonyl (C=O) groups excluding carboxylic acids is 1. The fourth-order valence-corrected chi connectivity index (χ4v) is 4.19. The van der Waals surface area contributed by atoms with E-state index in [-0.39, 0.29) is 11.8 Å². The number of benzene rings is 2. The SMILES string of the molecule is O=C(Nc1ccccc1SCC(F)(F)F)C1CCN(c2nc3ccccc3o2)CC1. The molecule has 2 heterocycles. The summed E-state index contributed by atoms with van der Waals surface area (Å²) in [5.41, 5.74) is 1.93. The van der Waals surface area contributed by atoms with Crippen molar-refractivity contribution in [2.45, 2.75) is 23.9 Å². The molecule has 3 aromatic rings. The highest BCUT2D eigenvalue weighted by atomic mass is 32.2. The zero-order valence-electron chi connectivity index (χ0n) is 16.0. The van der Waals surface area contributed by atoms with Gasteiger partial charge < -0.3 is 14.6 Å². The van der Waals surface area contributed by atoms with E-state index in [1.165, 1.54) is 0 Å². The number of anilines is 2. The van der Waals surface area contributed by atoms with Gasteiger partial charge in [0.1, 0.15) is 5.52 Å². The van der Waals surface area contributed by atoms with Crippen molar-refractivity contribution in [1.82, 2.24) is 4.98 Å². The molecular formula is C21H20F3N3O2S. The van der Waals surface area contributed by atoms with Crippen molar-refractivity contribution in [3.8, 4) is 0 Å². The van der Waals surface area contributed by atoms with E-state index in [0.717, 1.165) is 11.1 Å². The van der Waals surface area contributed by atoms with Crippen LogP contribution in [0.15, 0.2) is 57.8 Å². The summed E-state index contributed by atoms with van der Waals surface area (Å²) in [6.07, 6.45) is -3.04. The van der Waals surface area contributed by atoms with Crippen LogP contribution < -0.4 is 10.2 Å². The molecule has 1 aromatic heterocycles. The third-order valence-electron chi connectivity index (χ3n) is 4.96. The number of hydrogen-bond donors (Lipinski definition) is 1. The predicted molar refractivity (Wildman–Crippen MR) is 111 cm³/mol. The summed E-state index contributed by atoms with van der Waals surface area (Å²) in [4.78, 5) is 19.6. The molecule has 158 valence electrons. The van der Waals surface area contributed by atoms with E-state index in [9.17, 15) is 18.0 Å². The number of carbonyl (C=O) groups is 1. The maximum absolute atomic E-state index is 12.7. The molecule has 1 amide bonds. The van der Waals surface area contributed by atoms with Gasteiger partial charge in [0.05, 0.1) is 11.4 Å². The van der Waals surface area contributed by atoms with Gasteiger partial charge in [-0.25, -0.2) is 0 Å². The normalized spacial score (nSPS) is 15.5. The second kappa shape index (κ2) is 8.59. The number of alkyl halides is 3. The van der Waals surface area contributed by atoms with Gasteiger partial charge in [0.25, 0.3) is 6.01 Å². The molecule has 2 aromatic carbocycles. The number of halogens is 3. The first-order valence-corrected chi connectivity index (χ1v) is 10.6. The molecule has 1 aliphatic rings. The Morgan fingerprint density at radius 1 is 1.13 bits per heavy atom. The highest BCUT2D eigenvalue weighted by Gasteiger charge is 2.29. The standard InChI is InChI=1S/C21H20F3N3O2S/c22-21(23,24)13-30-18-8-4-2-6-16(18)25-19(28)14-9-11-27(12-10-14)20-26-15-5-1-3-7-17(15)29-20/h1-8,14H,9-13H2,(H,25,28). The maximum atomic E-state index is 12.7. The Kier molecular flexibility index (Phi) is 5.90. The van der Waals surface area contributed by atoms with Crippen molar-refractivity contribution >= 4 is 40.5 Å². The highest BCUT2D eigenvalue weighted by molar-refractivity contribution is 7.99. The van der Waals surface area contributed by atoms with Crippen LogP contribution in [0.2, 0.25) is 0 Å². The summed E-state index contributed by atoms with van der Waals surface area (Å²) in [6, 6.07) is 14.7. The number of fused-ring (bicyclic) bond motifs is 1. The van der Waals surface area contributed by atoms with E-state index in [0.29, 0.717) is 54.3 Å². The molecule has 0 bridgehead atoms. The topological polar surface area (TPSA) is 58.4 Å². The lowest BCUT2D eigenvalue weighted by Crippen LogP contribution is -2.38. The first-order chi connectivity index (χ1) is 14.4. The Balaban J connectivity index is 1.36. The van der Waals surface area contributed by atoms with Gasteiger partial charge in [-0.15, -0.1) is 11.8 Å². The van der Waals surface area contributed by atoms with Gasteiger partial charge >= 0.3 is 6.18 Å². The van der Waals surface area contributed by atoms with Crippen LogP contribution in [0.4, 0.5) is 24.9 Å². The molecule has 0 aliphatic carbocycles. The third-order valence-corrected chi connectivity index (χ3v) is 6.09. The first kappa shape index (κ1) is 20.6. The minimum absolute atomic E-state index is 0.174. The molecule has 5 nitrogen and oxygen atoms in total. The molecule has 0 radical (unpaired) electrons. The molecule has 1 fully saturated rings. The number of hydrogen-bond acceptors (Lipinski definition) is 5. The minimum atomic E-state index is -4.26. The largest absolute Gasteiger partial charge is 0.423 e. The zero-order chi connectivity index (χ0) is 21.1. The number of nitrogens with one attached hydrogen (secondary N) is 1. The van der Waals surface area contributed by atoms with Crippen molar-refractivity contribution in [1.29, 1.82) is 0 Å². The molecule has 0 saturated carbocycles. The van der Waals surface area contributed by atoms with Gasteiger partial charge in [-0.2, -0.15) is 18.2 Å². The van der Waals surface area contributed by atoms with Crippen LogP contribution >= 0.6 is 11.8 Å². The highest BCUT2D eigenvalue weighted by Crippen LogP contribution is 2.33. The van der Waals surface area contributed by atoms with E-state index >= 15 is 0 Å². The number of piperidine rings is 1. The Labute approximate surface area is 175 Å². The average Bonchev–Trinajstić information content (AvgIpc) is 3.17. The van der Waals surface area contributed by atoms with Crippen LogP contribution in [0.3, 0.4) is 0 Å². The summed E-state index contributed by atoms with van der Waals surface area (Å²) in [5.74, 6) is -1.39. The molecule has 1 aliphatic heterocycles. The van der Waals surface area contributed by atoms with Gasteiger partial charge in [0, 0.05) is 23.9 Å². The van der Waals surface area contributed by atoms with Gasteiger partial charge in [-0.1, -0.05) is 24.3 Å². The van der Waals surface area contributed by atoms with Crippen LogP contribution in [0, 0.1) is 5.92 Å². The van der Waals surface area contributed by atoms with Crippen LogP contribution in [-0.4, -0.2) is 35.9 Å². The summed E-state index contributed by atoms with van der Waals surface area (Å²) in [6.45, 7) is 1.24. The number of aromatic nitrogens is 1. The van der Waals surface area contributed by atoms with Crippen molar-refractivity contribution in [3.63, 3.8) is 0 Å². The fourth-order valence-electron chi connectivity index (χ4n) is 3.42. The van der Waals surface area contributed by atoms with Crippen molar-refractivity contribution in [2.75, 3.05) is 29.1 Å². The van der Waals surface area contributed by atoms with Gasteiger partial charge in [0.15, 0.2) is 5.58 Å². The van der Waals surface area contributed by atoms with E-state index in [4.69, 9.17) is 4.42 Å². The molecule has 9 heteroatoms. The van der Waals surface area contributed by atoms with E-state index in [1.54, 1.807) is 24.3 Å². The number of para-hydroxylation sites is 3. The van der Waals surface area contributed by atoms with Gasteiger partial charge in [-0.05, 0) is 37.1 Å². The maximum Gasteiger partial charge on any atom is 0.398 e. The number of oxazole rings is 1. The Morgan fingerprint density at radius 3 is 2.57 bits per heavy atom. The minimum Gasteiger partial charge on any atom is -0.423 e. The molecule has 0 atom stereocenters. The van der Waals surface area contributed by atoms with Crippen molar-refractivity contribution in [3.05, 3.63) is 48.5 Å². The number of amides is 1. The molecule has 0 unspecified atom stereocenters. The monoisotopic (exact) mass is 435 g/mol. The van der Waals surface area contributed by atoms with E-state index in [2.05, 4.69) is 10.3 Å². The quantitative estimate of drug-likeness (QED) is 0.549. The van der Waals surface area contributed by atoms with Gasteiger partial charge in [0.2, 0.25) is 5.91 Å². The number of nitrogens with zero attached hydrogens (tertiary/aromatic N) is 2. The number of thioether (sulfide) groups is 1. The van der Waals surface area contributed by atoms with E-state index in [1.807, 2.05) is 29.2 Å². The summed E-state index contributed by atoms with van der Waals surface area (Å²) in [7, 11) is 0. The van der Waals surface area contributed by atoms with Crippen molar-refractivity contribution in [2.24, 2.45) is 5.92 Å². The Morgan fingerprint density at radius 2 is 1.83 bits per heavy atom. The summed E-state index contributed by atoms with van der Waals surface area (Å²) in [5, 5.41) is 2.81. The predicted octanol–water partition coefficient (Wildman–Crippen LogP) is 5.34. The Bertz CT molecular complexity index is 997. The Hall–Kier alpha value is -2.68. The second-order valence-electron chi connectivity index (χ2n) is 7.11. The fraction of sp³-hybridized carbons (Fsp3) is 0.333. The van der Waals surface area contributed by atoms with Crippen LogP contribution in [0.25, 0.3) is 11.1 Å². The first-order valence-electron chi connectivity index (χ1n) is 9.59.